The van der Waals surface area contributed by atoms with Gasteiger partial charge in [-0.2, -0.15) is 5.26 Å². The fourth-order valence-corrected chi connectivity index (χ4v) is 6.22. The van der Waals surface area contributed by atoms with E-state index in [0.29, 0.717) is 32.7 Å². The largest absolute Gasteiger partial charge is 0.457 e. The number of benzene rings is 4. The normalized spacial score (nSPS) is 13.9. The minimum Gasteiger partial charge on any atom is -0.457 e. The molecule has 198 valence electrons. The average Bonchev–Trinajstić information content (AvgIpc) is 3.72. The molecule has 1 aliphatic rings. The molecule has 0 saturated heterocycles. The van der Waals surface area contributed by atoms with Crippen molar-refractivity contribution in [3.8, 4) is 28.7 Å². The van der Waals surface area contributed by atoms with Crippen molar-refractivity contribution in [2.75, 3.05) is 11.1 Å². The molecule has 0 bridgehead atoms. The topological polar surface area (TPSA) is 99.4 Å². The fourth-order valence-electron chi connectivity index (χ4n) is 4.34. The van der Waals surface area contributed by atoms with Crippen LogP contribution in [-0.2, 0) is 16.3 Å². The van der Waals surface area contributed by atoms with Crippen LogP contribution in [0.1, 0.15) is 24.0 Å². The lowest BCUT2D eigenvalue weighted by atomic mass is 10.0. The molecule has 1 fully saturated rings. The third-order valence-corrected chi connectivity index (χ3v) is 8.64. The van der Waals surface area contributed by atoms with E-state index >= 15 is 0 Å². The minimum atomic E-state index is -3.27. The second-order valence-electron chi connectivity index (χ2n) is 9.70. The highest BCUT2D eigenvalue weighted by atomic mass is 35.5. The number of nitriles is 1. The predicted octanol–water partition coefficient (Wildman–Crippen LogP) is 6.83. The SMILES string of the molecule is N#Cc1cccc(-c2ccc(NC(O)Cc3ccc(S(=O)(=O)CC4CC4)cc3)cc2Oc2cccc(Cl)c2)c1. The number of aliphatic hydroxyl groups is 1. The summed E-state index contributed by atoms with van der Waals surface area (Å²) in [5.74, 6) is 1.56. The number of nitrogens with one attached hydrogen (secondary N) is 1. The lowest BCUT2D eigenvalue weighted by Gasteiger charge is -2.18. The zero-order valence-electron chi connectivity index (χ0n) is 21.0. The van der Waals surface area contributed by atoms with Gasteiger partial charge in [0.1, 0.15) is 17.7 Å². The number of halogens is 1. The van der Waals surface area contributed by atoms with Crippen molar-refractivity contribution in [3.63, 3.8) is 0 Å². The van der Waals surface area contributed by atoms with Crippen molar-refractivity contribution >= 4 is 27.1 Å². The van der Waals surface area contributed by atoms with Gasteiger partial charge in [0, 0.05) is 28.8 Å². The van der Waals surface area contributed by atoms with Crippen LogP contribution in [0.2, 0.25) is 5.02 Å². The Morgan fingerprint density at radius 1 is 1.00 bits per heavy atom. The van der Waals surface area contributed by atoms with Gasteiger partial charge in [-0.1, -0.05) is 41.9 Å². The summed E-state index contributed by atoms with van der Waals surface area (Å²) in [5, 5.41) is 23.7. The molecule has 8 heteroatoms. The molecule has 0 radical (unpaired) electrons. The van der Waals surface area contributed by atoms with Crippen molar-refractivity contribution in [3.05, 3.63) is 107 Å². The van der Waals surface area contributed by atoms with Crippen LogP contribution in [-0.4, -0.2) is 25.5 Å². The number of sulfone groups is 1. The molecule has 39 heavy (non-hydrogen) atoms. The number of hydrogen-bond donors (Lipinski definition) is 2. The van der Waals surface area contributed by atoms with Crippen LogP contribution in [0.4, 0.5) is 5.69 Å². The van der Waals surface area contributed by atoms with Crippen LogP contribution in [0.3, 0.4) is 0 Å². The van der Waals surface area contributed by atoms with E-state index in [2.05, 4.69) is 11.4 Å². The van der Waals surface area contributed by atoms with E-state index in [9.17, 15) is 18.8 Å². The second-order valence-corrected chi connectivity index (χ2v) is 12.2. The van der Waals surface area contributed by atoms with Crippen molar-refractivity contribution < 1.29 is 18.3 Å². The van der Waals surface area contributed by atoms with Gasteiger partial charge in [-0.05, 0) is 84.5 Å². The molecule has 1 unspecified atom stereocenters. The predicted molar refractivity (Wildman–Crippen MR) is 153 cm³/mol. The molecule has 1 saturated carbocycles. The van der Waals surface area contributed by atoms with Crippen LogP contribution in [0.5, 0.6) is 11.5 Å². The number of ether oxygens (including phenoxy) is 1. The van der Waals surface area contributed by atoms with Crippen LogP contribution in [0.25, 0.3) is 11.1 Å². The van der Waals surface area contributed by atoms with Gasteiger partial charge < -0.3 is 15.2 Å². The Labute approximate surface area is 233 Å². The van der Waals surface area contributed by atoms with Gasteiger partial charge in [-0.3, -0.25) is 0 Å². The fraction of sp³-hybridized carbons (Fsp3) is 0.194. The van der Waals surface area contributed by atoms with Crippen molar-refractivity contribution in [2.24, 2.45) is 5.92 Å². The minimum absolute atomic E-state index is 0.201. The Bertz CT molecular complexity index is 1630. The number of aliphatic hydroxyl groups excluding tert-OH is 1. The first-order chi connectivity index (χ1) is 18.8. The first-order valence-corrected chi connectivity index (χ1v) is 14.7. The Hall–Kier alpha value is -3.83. The maximum atomic E-state index is 12.5. The van der Waals surface area contributed by atoms with E-state index in [-0.39, 0.29) is 18.1 Å². The van der Waals surface area contributed by atoms with Crippen LogP contribution < -0.4 is 10.1 Å². The molecular weight excluding hydrogens is 532 g/mol. The van der Waals surface area contributed by atoms with E-state index in [1.54, 1.807) is 66.7 Å². The summed E-state index contributed by atoms with van der Waals surface area (Å²) in [6.45, 7) is 0. The first-order valence-electron chi connectivity index (χ1n) is 12.6. The molecular formula is C31H27ClN2O4S. The van der Waals surface area contributed by atoms with E-state index in [1.807, 2.05) is 24.3 Å². The summed E-state index contributed by atoms with van der Waals surface area (Å²) in [6, 6.07) is 28.6. The number of hydrogen-bond acceptors (Lipinski definition) is 6. The molecule has 1 atom stereocenters. The van der Waals surface area contributed by atoms with Gasteiger partial charge in [-0.25, -0.2) is 8.42 Å². The average molecular weight is 559 g/mol. The van der Waals surface area contributed by atoms with Gasteiger partial charge in [0.05, 0.1) is 22.3 Å². The number of rotatable bonds is 10. The summed E-state index contributed by atoms with van der Waals surface area (Å²) >= 11 is 6.15. The molecule has 0 amide bonds. The van der Waals surface area contributed by atoms with Gasteiger partial charge >= 0.3 is 0 Å². The van der Waals surface area contributed by atoms with Gasteiger partial charge in [0.15, 0.2) is 9.84 Å². The van der Waals surface area contributed by atoms with Gasteiger partial charge in [0.25, 0.3) is 0 Å². The van der Waals surface area contributed by atoms with Crippen LogP contribution >= 0.6 is 11.6 Å². The smallest absolute Gasteiger partial charge is 0.178 e. The van der Waals surface area contributed by atoms with Gasteiger partial charge in [0.2, 0.25) is 0 Å². The monoisotopic (exact) mass is 558 g/mol. The quantitative estimate of drug-likeness (QED) is 0.207. The maximum absolute atomic E-state index is 12.5. The molecule has 2 N–H and O–H groups in total. The van der Waals surface area contributed by atoms with E-state index < -0.39 is 16.1 Å². The van der Waals surface area contributed by atoms with Crippen LogP contribution in [0, 0.1) is 17.2 Å². The standard InChI is InChI=1S/C31H27ClN2O4S/c32-25-5-2-6-27(17-25)38-30-18-26(11-14-29(30)24-4-1-3-23(15-24)19-33)34-31(35)16-21-9-12-28(13-10-21)39(36,37)20-22-7-8-22/h1-6,9-15,17-18,22,31,34-35H,7-8,16,20H2. The summed E-state index contributed by atoms with van der Waals surface area (Å²) in [4.78, 5) is 0.319. The van der Waals surface area contributed by atoms with E-state index in [1.165, 1.54) is 0 Å². The van der Waals surface area contributed by atoms with Crippen molar-refractivity contribution in [1.29, 1.82) is 5.26 Å². The molecule has 4 aromatic rings. The summed E-state index contributed by atoms with van der Waals surface area (Å²) in [7, 11) is -3.27. The molecule has 0 heterocycles. The molecule has 0 aromatic heterocycles. The summed E-state index contributed by atoms with van der Waals surface area (Å²) in [5.41, 5.74) is 3.55. The number of anilines is 1. The highest BCUT2D eigenvalue weighted by molar-refractivity contribution is 7.91. The lowest BCUT2D eigenvalue weighted by molar-refractivity contribution is 0.204. The number of nitrogens with zero attached hydrogens (tertiary/aromatic N) is 1. The summed E-state index contributed by atoms with van der Waals surface area (Å²) < 4.78 is 31.2. The Morgan fingerprint density at radius 2 is 1.77 bits per heavy atom. The zero-order chi connectivity index (χ0) is 27.4. The summed E-state index contributed by atoms with van der Waals surface area (Å²) in [6.07, 6.45) is 1.31. The third-order valence-electron chi connectivity index (χ3n) is 6.51. The molecule has 0 aliphatic heterocycles. The Kier molecular flexibility index (Phi) is 7.89. The highest BCUT2D eigenvalue weighted by Crippen LogP contribution is 2.37. The highest BCUT2D eigenvalue weighted by Gasteiger charge is 2.29. The molecule has 5 rings (SSSR count). The molecule has 6 nitrogen and oxygen atoms in total. The molecule has 4 aromatic carbocycles. The molecule has 0 spiro atoms. The van der Waals surface area contributed by atoms with E-state index in [4.69, 9.17) is 16.3 Å². The first kappa shape index (κ1) is 26.8. The van der Waals surface area contributed by atoms with Crippen molar-refractivity contribution in [2.45, 2.75) is 30.4 Å². The van der Waals surface area contributed by atoms with Gasteiger partial charge in [-0.15, -0.1) is 0 Å². The van der Waals surface area contributed by atoms with Crippen molar-refractivity contribution in [1.82, 2.24) is 0 Å². The maximum Gasteiger partial charge on any atom is 0.178 e. The third kappa shape index (κ3) is 6.98. The van der Waals surface area contributed by atoms with E-state index in [0.717, 1.165) is 29.5 Å². The zero-order valence-corrected chi connectivity index (χ0v) is 22.6. The molecule has 1 aliphatic carbocycles. The van der Waals surface area contributed by atoms with Crippen LogP contribution in [0.15, 0.2) is 95.9 Å². The lowest BCUT2D eigenvalue weighted by Crippen LogP contribution is -2.21. The Balaban J connectivity index is 1.34. The Morgan fingerprint density at radius 3 is 2.49 bits per heavy atom. The second kappa shape index (κ2) is 11.5.